The van der Waals surface area contributed by atoms with Crippen molar-refractivity contribution in [2.24, 2.45) is 11.8 Å². The number of thiophene rings is 1. The lowest BCUT2D eigenvalue weighted by molar-refractivity contribution is -0.144. The first-order valence-electron chi connectivity index (χ1n) is 6.23. The van der Waals surface area contributed by atoms with Crippen LogP contribution in [0.25, 0.3) is 0 Å². The number of amides is 1. The molecule has 98 valence electrons. The predicted molar refractivity (Wildman–Crippen MR) is 69.7 cm³/mol. The van der Waals surface area contributed by atoms with Gasteiger partial charge in [0.05, 0.1) is 10.8 Å². The molecule has 1 saturated carbocycles. The lowest BCUT2D eigenvalue weighted by Crippen LogP contribution is -2.37. The molecule has 1 fully saturated rings. The number of carboxylic acids is 1. The van der Waals surface area contributed by atoms with Gasteiger partial charge in [-0.05, 0) is 30.2 Å². The van der Waals surface area contributed by atoms with Gasteiger partial charge in [0.2, 0.25) is 0 Å². The molecular weight excluding hydrogens is 250 g/mol. The van der Waals surface area contributed by atoms with E-state index >= 15 is 0 Å². The molecule has 5 heteroatoms. The molecule has 0 saturated heterocycles. The summed E-state index contributed by atoms with van der Waals surface area (Å²) in [5.41, 5.74) is 0. The van der Waals surface area contributed by atoms with Crippen molar-refractivity contribution in [1.29, 1.82) is 0 Å². The Balaban J connectivity index is 1.88. The van der Waals surface area contributed by atoms with Crippen molar-refractivity contribution < 1.29 is 14.7 Å². The lowest BCUT2D eigenvalue weighted by atomic mass is 9.79. The van der Waals surface area contributed by atoms with Crippen molar-refractivity contribution >= 4 is 23.2 Å². The summed E-state index contributed by atoms with van der Waals surface area (Å²) >= 11 is 1.40. The highest BCUT2D eigenvalue weighted by molar-refractivity contribution is 7.12. The number of rotatable bonds is 4. The summed E-state index contributed by atoms with van der Waals surface area (Å²) in [4.78, 5) is 23.6. The Morgan fingerprint density at radius 2 is 2.17 bits per heavy atom. The maximum Gasteiger partial charge on any atom is 0.306 e. The molecule has 1 amide bonds. The molecule has 0 radical (unpaired) electrons. The standard InChI is InChI=1S/C13H17NO3S/c15-12(11-6-3-7-18-11)14-8-9-4-1-2-5-10(9)13(16)17/h3,6-7,9-10H,1-2,4-5,8H2,(H,14,15)(H,16,17)/t9-,10-/m0/s1. The molecule has 1 aliphatic rings. The average molecular weight is 267 g/mol. The summed E-state index contributed by atoms with van der Waals surface area (Å²) in [6.07, 6.45) is 3.66. The molecule has 4 nitrogen and oxygen atoms in total. The summed E-state index contributed by atoms with van der Waals surface area (Å²) in [5, 5.41) is 13.9. The second-order valence-corrected chi connectivity index (χ2v) is 5.62. The quantitative estimate of drug-likeness (QED) is 0.880. The number of aliphatic carboxylic acids is 1. The molecule has 1 aromatic heterocycles. The monoisotopic (exact) mass is 267 g/mol. The fourth-order valence-electron chi connectivity index (χ4n) is 2.50. The first-order chi connectivity index (χ1) is 8.68. The molecule has 1 aromatic rings. The van der Waals surface area contributed by atoms with Crippen molar-refractivity contribution in [2.75, 3.05) is 6.54 Å². The topological polar surface area (TPSA) is 66.4 Å². The third-order valence-electron chi connectivity index (χ3n) is 3.50. The lowest BCUT2D eigenvalue weighted by Gasteiger charge is -2.28. The number of carboxylic acid groups (broad SMARTS) is 1. The Morgan fingerprint density at radius 1 is 1.39 bits per heavy atom. The normalized spacial score (nSPS) is 23.6. The summed E-state index contributed by atoms with van der Waals surface area (Å²) in [5.74, 6) is -1.06. The van der Waals surface area contributed by atoms with Gasteiger partial charge in [0.1, 0.15) is 0 Å². The van der Waals surface area contributed by atoms with E-state index in [0.717, 1.165) is 25.7 Å². The van der Waals surface area contributed by atoms with Gasteiger partial charge >= 0.3 is 5.97 Å². The van der Waals surface area contributed by atoms with Gasteiger partial charge in [0, 0.05) is 6.54 Å². The number of nitrogens with one attached hydrogen (secondary N) is 1. The van der Waals surface area contributed by atoms with Gasteiger partial charge in [-0.1, -0.05) is 18.9 Å². The van der Waals surface area contributed by atoms with Gasteiger partial charge < -0.3 is 10.4 Å². The minimum absolute atomic E-state index is 0.0696. The number of carbonyl (C=O) groups excluding carboxylic acids is 1. The first kappa shape index (κ1) is 13.1. The Kier molecular flexibility index (Phi) is 4.36. The SMILES string of the molecule is O=C(NC[C@@H]1CCCC[C@@H]1C(=O)O)c1cccs1. The second-order valence-electron chi connectivity index (χ2n) is 4.68. The molecule has 0 spiro atoms. The largest absolute Gasteiger partial charge is 0.481 e. The molecule has 1 heterocycles. The Labute approximate surface area is 110 Å². The van der Waals surface area contributed by atoms with Crippen LogP contribution in [0.3, 0.4) is 0 Å². The van der Waals surface area contributed by atoms with Crippen LogP contribution in [0.1, 0.15) is 35.4 Å². The van der Waals surface area contributed by atoms with Crippen LogP contribution >= 0.6 is 11.3 Å². The fourth-order valence-corrected chi connectivity index (χ4v) is 3.14. The smallest absolute Gasteiger partial charge is 0.306 e. The zero-order valence-electron chi connectivity index (χ0n) is 10.1. The number of hydrogen-bond donors (Lipinski definition) is 2. The van der Waals surface area contributed by atoms with Crippen LogP contribution in [-0.2, 0) is 4.79 Å². The van der Waals surface area contributed by atoms with E-state index in [1.807, 2.05) is 11.4 Å². The molecule has 2 atom stereocenters. The van der Waals surface area contributed by atoms with E-state index in [1.54, 1.807) is 6.07 Å². The van der Waals surface area contributed by atoms with E-state index in [0.29, 0.717) is 11.4 Å². The van der Waals surface area contributed by atoms with E-state index in [1.165, 1.54) is 11.3 Å². The van der Waals surface area contributed by atoms with Gasteiger partial charge in [0.15, 0.2) is 0 Å². The zero-order chi connectivity index (χ0) is 13.0. The van der Waals surface area contributed by atoms with Crippen molar-refractivity contribution in [3.63, 3.8) is 0 Å². The highest BCUT2D eigenvalue weighted by Gasteiger charge is 2.30. The minimum Gasteiger partial charge on any atom is -0.481 e. The summed E-state index contributed by atoms with van der Waals surface area (Å²) in [6.45, 7) is 0.466. The number of carbonyl (C=O) groups is 2. The van der Waals surface area contributed by atoms with Crippen molar-refractivity contribution in [2.45, 2.75) is 25.7 Å². The van der Waals surface area contributed by atoms with Gasteiger partial charge in [-0.25, -0.2) is 0 Å². The third kappa shape index (κ3) is 3.10. The van der Waals surface area contributed by atoms with Crippen LogP contribution in [0, 0.1) is 11.8 Å². The van der Waals surface area contributed by atoms with Gasteiger partial charge in [0.25, 0.3) is 5.91 Å². The Hall–Kier alpha value is -1.36. The van der Waals surface area contributed by atoms with E-state index in [2.05, 4.69) is 5.32 Å². The molecule has 1 aliphatic carbocycles. The summed E-state index contributed by atoms with van der Waals surface area (Å²) < 4.78 is 0. The highest BCUT2D eigenvalue weighted by atomic mass is 32.1. The summed E-state index contributed by atoms with van der Waals surface area (Å²) in [6, 6.07) is 3.61. The molecule has 18 heavy (non-hydrogen) atoms. The zero-order valence-corrected chi connectivity index (χ0v) is 10.9. The summed E-state index contributed by atoms with van der Waals surface area (Å²) in [7, 11) is 0. The van der Waals surface area contributed by atoms with Crippen LogP contribution in [0.4, 0.5) is 0 Å². The van der Waals surface area contributed by atoms with Gasteiger partial charge in [-0.3, -0.25) is 9.59 Å². The maximum absolute atomic E-state index is 11.8. The van der Waals surface area contributed by atoms with Gasteiger partial charge in [-0.2, -0.15) is 0 Å². The van der Waals surface area contributed by atoms with E-state index in [4.69, 9.17) is 5.11 Å². The van der Waals surface area contributed by atoms with E-state index in [9.17, 15) is 9.59 Å². The van der Waals surface area contributed by atoms with E-state index < -0.39 is 5.97 Å². The number of hydrogen-bond acceptors (Lipinski definition) is 3. The Morgan fingerprint density at radius 3 is 2.83 bits per heavy atom. The molecular formula is C13H17NO3S. The first-order valence-corrected chi connectivity index (χ1v) is 7.11. The predicted octanol–water partition coefficient (Wildman–Crippen LogP) is 2.37. The van der Waals surface area contributed by atoms with Crippen molar-refractivity contribution in [1.82, 2.24) is 5.32 Å². The minimum atomic E-state index is -0.731. The molecule has 0 aromatic carbocycles. The molecule has 2 N–H and O–H groups in total. The van der Waals surface area contributed by atoms with Crippen LogP contribution < -0.4 is 5.32 Å². The van der Waals surface area contributed by atoms with E-state index in [-0.39, 0.29) is 17.7 Å². The molecule has 0 unspecified atom stereocenters. The van der Waals surface area contributed by atoms with Gasteiger partial charge in [-0.15, -0.1) is 11.3 Å². The molecule has 0 aliphatic heterocycles. The maximum atomic E-state index is 11.8. The van der Waals surface area contributed by atoms with Crippen LogP contribution in [0.5, 0.6) is 0 Å². The van der Waals surface area contributed by atoms with Crippen molar-refractivity contribution in [3.8, 4) is 0 Å². The van der Waals surface area contributed by atoms with Crippen LogP contribution in [0.15, 0.2) is 17.5 Å². The van der Waals surface area contributed by atoms with Crippen molar-refractivity contribution in [3.05, 3.63) is 22.4 Å². The fraction of sp³-hybridized carbons (Fsp3) is 0.538. The van der Waals surface area contributed by atoms with Crippen LogP contribution in [0.2, 0.25) is 0 Å². The average Bonchev–Trinajstić information content (AvgIpc) is 2.90. The molecule has 0 bridgehead atoms. The highest BCUT2D eigenvalue weighted by Crippen LogP contribution is 2.29. The second kappa shape index (κ2) is 6.00. The third-order valence-corrected chi connectivity index (χ3v) is 4.36. The Bertz CT molecular complexity index is 416. The molecule has 2 rings (SSSR count). The van der Waals surface area contributed by atoms with Crippen LogP contribution in [-0.4, -0.2) is 23.5 Å².